The molecule has 1 aromatic carbocycles. The van der Waals surface area contributed by atoms with Gasteiger partial charge in [-0.05, 0) is 37.5 Å². The number of hydrogen-bond acceptors (Lipinski definition) is 5. The van der Waals surface area contributed by atoms with Gasteiger partial charge in [0.1, 0.15) is 0 Å². The second-order valence-electron chi connectivity index (χ2n) is 6.59. The average Bonchev–Trinajstić information content (AvgIpc) is 3.22. The zero-order valence-electron chi connectivity index (χ0n) is 14.4. The number of benzene rings is 1. The van der Waals surface area contributed by atoms with Crippen molar-refractivity contribution in [2.24, 2.45) is 0 Å². The molecule has 2 heterocycles. The van der Waals surface area contributed by atoms with Crippen molar-refractivity contribution in [2.75, 3.05) is 0 Å². The molecule has 0 spiro atoms. The number of nitrogens with zero attached hydrogens (tertiary/aromatic N) is 3. The molecule has 7 nitrogen and oxygen atoms in total. The minimum absolute atomic E-state index is 0.00960. The van der Waals surface area contributed by atoms with Gasteiger partial charge in [-0.2, -0.15) is 5.10 Å². The Kier molecular flexibility index (Phi) is 4.77. The van der Waals surface area contributed by atoms with Gasteiger partial charge < -0.3 is 9.73 Å². The monoisotopic (exact) mass is 351 g/mol. The van der Waals surface area contributed by atoms with E-state index in [0.717, 1.165) is 17.0 Å². The van der Waals surface area contributed by atoms with Crippen LogP contribution in [0.5, 0.6) is 0 Å². The Morgan fingerprint density at radius 1 is 1.23 bits per heavy atom. The first-order chi connectivity index (χ1) is 12.8. The molecule has 0 unspecified atom stereocenters. The van der Waals surface area contributed by atoms with Crippen LogP contribution in [0.2, 0.25) is 0 Å². The van der Waals surface area contributed by atoms with Gasteiger partial charge in [-0.15, -0.1) is 10.2 Å². The summed E-state index contributed by atoms with van der Waals surface area (Å²) < 4.78 is 5.64. The van der Waals surface area contributed by atoms with Crippen molar-refractivity contribution in [2.45, 2.75) is 44.6 Å². The highest BCUT2D eigenvalue weighted by atomic mass is 16.4. The minimum atomic E-state index is 0.00960. The first-order valence-corrected chi connectivity index (χ1v) is 8.96. The van der Waals surface area contributed by atoms with Crippen LogP contribution in [0.1, 0.15) is 48.9 Å². The molecule has 2 N–H and O–H groups in total. The Balaban J connectivity index is 1.19. The third-order valence-corrected chi connectivity index (χ3v) is 4.40. The molecule has 4 rings (SSSR count). The lowest BCUT2D eigenvalue weighted by Crippen LogP contribution is -2.22. The maximum Gasteiger partial charge on any atom is 0.247 e. The molecule has 1 aliphatic carbocycles. The molecule has 0 atom stereocenters. The highest BCUT2D eigenvalue weighted by molar-refractivity contribution is 5.75. The summed E-state index contributed by atoms with van der Waals surface area (Å²) in [6, 6.07) is 11.7. The number of carbonyl (C=O) groups excluding carboxylic acids is 1. The molecule has 0 saturated heterocycles. The Hall–Kier alpha value is -2.96. The van der Waals surface area contributed by atoms with Gasteiger partial charge in [0.15, 0.2) is 0 Å². The van der Waals surface area contributed by atoms with Crippen molar-refractivity contribution in [3.63, 3.8) is 0 Å². The normalized spacial score (nSPS) is 13.7. The number of hydrogen-bond donors (Lipinski definition) is 2. The molecule has 3 aromatic rings. The fraction of sp³-hybridized carbons (Fsp3) is 0.368. The first-order valence-electron chi connectivity index (χ1n) is 8.96. The summed E-state index contributed by atoms with van der Waals surface area (Å²) in [5.74, 6) is 1.69. The second kappa shape index (κ2) is 7.51. The van der Waals surface area contributed by atoms with Crippen molar-refractivity contribution in [1.82, 2.24) is 25.7 Å². The second-order valence-corrected chi connectivity index (χ2v) is 6.59. The van der Waals surface area contributed by atoms with Crippen LogP contribution in [0.4, 0.5) is 0 Å². The zero-order chi connectivity index (χ0) is 17.8. The maximum atomic E-state index is 12.0. The fourth-order valence-electron chi connectivity index (χ4n) is 2.79. The van der Waals surface area contributed by atoms with Crippen molar-refractivity contribution < 1.29 is 9.21 Å². The van der Waals surface area contributed by atoms with Crippen LogP contribution in [0, 0.1) is 0 Å². The molecule has 2 aromatic heterocycles. The summed E-state index contributed by atoms with van der Waals surface area (Å²) in [5, 5.41) is 18.3. The van der Waals surface area contributed by atoms with Crippen molar-refractivity contribution in [3.05, 3.63) is 53.7 Å². The van der Waals surface area contributed by atoms with Crippen LogP contribution in [0.25, 0.3) is 11.5 Å². The van der Waals surface area contributed by atoms with Gasteiger partial charge in [0.2, 0.25) is 17.7 Å². The van der Waals surface area contributed by atoms with Crippen molar-refractivity contribution in [3.8, 4) is 11.5 Å². The van der Waals surface area contributed by atoms with Gasteiger partial charge in [0, 0.05) is 24.3 Å². The molecule has 0 bridgehead atoms. The van der Waals surface area contributed by atoms with Crippen LogP contribution in [-0.4, -0.2) is 26.3 Å². The standard InChI is InChI=1S/C19H21N5O2/c25-17(20-12-15-11-16(22-21-15)13-9-10-13)7-4-8-18-23-24-19(26-18)14-5-2-1-3-6-14/h1-3,5-6,11,13H,4,7-10,12H2,(H,20,25)(H,21,22). The Morgan fingerprint density at radius 2 is 2.08 bits per heavy atom. The predicted octanol–water partition coefficient (Wildman–Crippen LogP) is 2.98. The van der Waals surface area contributed by atoms with Gasteiger partial charge >= 0.3 is 0 Å². The van der Waals surface area contributed by atoms with Gasteiger partial charge in [-0.1, -0.05) is 18.2 Å². The van der Waals surface area contributed by atoms with E-state index in [2.05, 4.69) is 25.7 Å². The average molecular weight is 351 g/mol. The molecular formula is C19H21N5O2. The summed E-state index contributed by atoms with van der Waals surface area (Å²) in [7, 11) is 0. The number of H-pyrrole nitrogens is 1. The molecule has 1 aliphatic rings. The SMILES string of the molecule is O=C(CCCc1nnc(-c2ccccc2)o1)NCc1cc(C2CC2)n[nH]1. The molecule has 1 fully saturated rings. The summed E-state index contributed by atoms with van der Waals surface area (Å²) >= 11 is 0. The quantitative estimate of drug-likeness (QED) is 0.650. The molecule has 1 saturated carbocycles. The van der Waals surface area contributed by atoms with Crippen LogP contribution < -0.4 is 5.32 Å². The molecule has 7 heteroatoms. The Labute approximate surface area is 151 Å². The van der Waals surface area contributed by atoms with E-state index in [1.807, 2.05) is 36.4 Å². The number of aromatic amines is 1. The third kappa shape index (κ3) is 4.17. The van der Waals surface area contributed by atoms with Gasteiger partial charge in [-0.25, -0.2) is 0 Å². The van der Waals surface area contributed by atoms with E-state index in [4.69, 9.17) is 4.42 Å². The molecule has 0 aliphatic heterocycles. The molecule has 26 heavy (non-hydrogen) atoms. The Bertz CT molecular complexity index is 867. The van der Waals surface area contributed by atoms with E-state index in [1.54, 1.807) is 0 Å². The Morgan fingerprint density at radius 3 is 2.88 bits per heavy atom. The first kappa shape index (κ1) is 16.5. The van der Waals surface area contributed by atoms with E-state index in [-0.39, 0.29) is 5.91 Å². The third-order valence-electron chi connectivity index (χ3n) is 4.40. The number of rotatable bonds is 8. The number of aromatic nitrogens is 4. The number of aryl methyl sites for hydroxylation is 1. The van der Waals surface area contributed by atoms with Crippen LogP contribution in [0.3, 0.4) is 0 Å². The lowest BCUT2D eigenvalue weighted by molar-refractivity contribution is -0.121. The topological polar surface area (TPSA) is 96.7 Å². The lowest BCUT2D eigenvalue weighted by Gasteiger charge is -2.02. The van der Waals surface area contributed by atoms with Crippen molar-refractivity contribution in [1.29, 1.82) is 0 Å². The minimum Gasteiger partial charge on any atom is -0.421 e. The number of nitrogens with one attached hydrogen (secondary N) is 2. The molecule has 0 radical (unpaired) electrons. The highest BCUT2D eigenvalue weighted by Gasteiger charge is 2.26. The molecular weight excluding hydrogens is 330 g/mol. The molecule has 134 valence electrons. The number of amides is 1. The van der Waals surface area contributed by atoms with Gasteiger partial charge in [-0.3, -0.25) is 9.89 Å². The predicted molar refractivity (Wildman–Crippen MR) is 95.1 cm³/mol. The highest BCUT2D eigenvalue weighted by Crippen LogP contribution is 2.38. The van der Waals surface area contributed by atoms with Gasteiger partial charge in [0.05, 0.1) is 17.9 Å². The largest absolute Gasteiger partial charge is 0.421 e. The summed E-state index contributed by atoms with van der Waals surface area (Å²) in [6.45, 7) is 0.483. The summed E-state index contributed by atoms with van der Waals surface area (Å²) in [6.07, 6.45) is 4.12. The lowest BCUT2D eigenvalue weighted by atomic mass is 10.2. The zero-order valence-corrected chi connectivity index (χ0v) is 14.4. The van der Waals surface area contributed by atoms with E-state index in [1.165, 1.54) is 12.8 Å². The fourth-order valence-corrected chi connectivity index (χ4v) is 2.79. The van der Waals surface area contributed by atoms with E-state index in [0.29, 0.717) is 43.5 Å². The maximum absolute atomic E-state index is 12.0. The summed E-state index contributed by atoms with van der Waals surface area (Å²) in [5.41, 5.74) is 2.96. The van der Waals surface area contributed by atoms with E-state index >= 15 is 0 Å². The van der Waals surface area contributed by atoms with Crippen LogP contribution in [0.15, 0.2) is 40.8 Å². The van der Waals surface area contributed by atoms with E-state index in [9.17, 15) is 4.79 Å². The smallest absolute Gasteiger partial charge is 0.247 e. The number of carbonyl (C=O) groups is 1. The van der Waals surface area contributed by atoms with Crippen LogP contribution in [-0.2, 0) is 17.8 Å². The van der Waals surface area contributed by atoms with Gasteiger partial charge in [0.25, 0.3) is 0 Å². The van der Waals surface area contributed by atoms with E-state index < -0.39 is 0 Å². The summed E-state index contributed by atoms with van der Waals surface area (Å²) in [4.78, 5) is 12.0. The van der Waals surface area contributed by atoms with Crippen molar-refractivity contribution >= 4 is 5.91 Å². The van der Waals surface area contributed by atoms with Crippen LogP contribution >= 0.6 is 0 Å². The molecule has 1 amide bonds.